The second-order valence-electron chi connectivity index (χ2n) is 10.1. The first-order valence-corrected chi connectivity index (χ1v) is 11.9. The summed E-state index contributed by atoms with van der Waals surface area (Å²) in [6, 6.07) is 0. The predicted molar refractivity (Wildman–Crippen MR) is 123 cm³/mol. The molecule has 2 aliphatic carbocycles. The summed E-state index contributed by atoms with van der Waals surface area (Å²) in [6.07, 6.45) is 5.26. The summed E-state index contributed by atoms with van der Waals surface area (Å²) in [5, 5.41) is 0. The van der Waals surface area contributed by atoms with Crippen LogP contribution in [0.15, 0.2) is 23.3 Å². The van der Waals surface area contributed by atoms with Gasteiger partial charge in [-0.2, -0.15) is 0 Å². The number of fused-ring (bicyclic) bond motifs is 3. The van der Waals surface area contributed by atoms with Gasteiger partial charge < -0.3 is 23.7 Å². The molecule has 33 heavy (non-hydrogen) atoms. The van der Waals surface area contributed by atoms with Crippen molar-refractivity contribution in [3.63, 3.8) is 0 Å². The van der Waals surface area contributed by atoms with Crippen LogP contribution in [0, 0.1) is 29.6 Å². The Labute approximate surface area is 197 Å². The lowest BCUT2D eigenvalue weighted by Gasteiger charge is -2.50. The molecular weight excluding hydrogens is 424 g/mol. The van der Waals surface area contributed by atoms with Gasteiger partial charge in [-0.3, -0.25) is 9.59 Å². The van der Waals surface area contributed by atoms with E-state index in [1.165, 1.54) is 25.0 Å². The van der Waals surface area contributed by atoms with Crippen molar-refractivity contribution in [1.29, 1.82) is 0 Å². The third-order valence-electron chi connectivity index (χ3n) is 7.78. The molecule has 9 atom stereocenters. The van der Waals surface area contributed by atoms with E-state index in [9.17, 15) is 9.59 Å². The van der Waals surface area contributed by atoms with Crippen LogP contribution in [-0.4, -0.2) is 50.4 Å². The van der Waals surface area contributed by atoms with Gasteiger partial charge in [0.05, 0.1) is 5.92 Å². The summed E-state index contributed by atoms with van der Waals surface area (Å²) in [6.45, 7) is 11.3. The van der Waals surface area contributed by atoms with Crippen LogP contribution in [0.4, 0.5) is 0 Å². The number of allylic oxidation sites excluding steroid dienone is 4. The van der Waals surface area contributed by atoms with E-state index < -0.39 is 12.1 Å². The fourth-order valence-corrected chi connectivity index (χ4v) is 6.50. The van der Waals surface area contributed by atoms with Gasteiger partial charge in [0.1, 0.15) is 12.2 Å². The third-order valence-corrected chi connectivity index (χ3v) is 7.78. The van der Waals surface area contributed by atoms with Crippen LogP contribution < -0.4 is 0 Å². The van der Waals surface area contributed by atoms with Gasteiger partial charge in [-0.15, -0.1) is 0 Å². The summed E-state index contributed by atoms with van der Waals surface area (Å²) in [4.78, 5) is 23.8. The Kier molecular flexibility index (Phi) is 8.07. The van der Waals surface area contributed by atoms with E-state index in [1.807, 2.05) is 0 Å². The van der Waals surface area contributed by atoms with Crippen molar-refractivity contribution in [1.82, 2.24) is 0 Å². The number of rotatable bonds is 7. The van der Waals surface area contributed by atoms with Crippen LogP contribution in [0.1, 0.15) is 60.8 Å². The first kappa shape index (κ1) is 25.9. The second kappa shape index (κ2) is 10.3. The zero-order chi connectivity index (χ0) is 24.5. The molecule has 1 aliphatic heterocycles. The Morgan fingerprint density at radius 1 is 0.970 bits per heavy atom. The molecule has 7 nitrogen and oxygen atoms in total. The average molecular weight is 465 g/mol. The van der Waals surface area contributed by atoms with Gasteiger partial charge in [0.2, 0.25) is 0 Å². The Hall–Kier alpha value is -1.70. The smallest absolute Gasteiger partial charge is 0.302 e. The van der Waals surface area contributed by atoms with E-state index in [-0.39, 0.29) is 53.7 Å². The summed E-state index contributed by atoms with van der Waals surface area (Å²) in [5.74, 6) is -1.44. The van der Waals surface area contributed by atoms with E-state index in [4.69, 9.17) is 23.7 Å². The highest BCUT2D eigenvalue weighted by molar-refractivity contribution is 5.66. The van der Waals surface area contributed by atoms with Gasteiger partial charge in [0.25, 0.3) is 0 Å². The molecule has 3 aliphatic rings. The molecule has 2 saturated carbocycles. The highest BCUT2D eigenvalue weighted by Crippen LogP contribution is 2.62. The highest BCUT2D eigenvalue weighted by Gasteiger charge is 2.68. The van der Waals surface area contributed by atoms with Crippen LogP contribution in [0.5, 0.6) is 0 Å². The molecule has 7 heteroatoms. The van der Waals surface area contributed by atoms with Crippen molar-refractivity contribution in [3.8, 4) is 0 Å². The van der Waals surface area contributed by atoms with E-state index >= 15 is 0 Å². The van der Waals surface area contributed by atoms with Gasteiger partial charge in [-0.05, 0) is 45.4 Å². The van der Waals surface area contributed by atoms with Gasteiger partial charge in [0, 0.05) is 46.3 Å². The molecule has 3 fully saturated rings. The van der Waals surface area contributed by atoms with Gasteiger partial charge in [-0.25, -0.2) is 0 Å². The van der Waals surface area contributed by atoms with Crippen molar-refractivity contribution in [2.45, 2.75) is 85.1 Å². The Bertz CT molecular complexity index is 798. The number of hydrogen-bond acceptors (Lipinski definition) is 7. The normalized spacial score (nSPS) is 40.1. The van der Waals surface area contributed by atoms with E-state index in [2.05, 4.69) is 39.8 Å². The number of methoxy groups -OCH3 is 2. The molecule has 1 saturated heterocycles. The minimum atomic E-state index is -0.926. The molecule has 0 bridgehead atoms. The van der Waals surface area contributed by atoms with Crippen LogP contribution in [0.2, 0.25) is 0 Å². The maximum atomic E-state index is 12.0. The molecule has 0 radical (unpaired) electrons. The molecule has 1 heterocycles. The average Bonchev–Trinajstić information content (AvgIpc) is 3.22. The molecule has 0 N–H and O–H groups in total. The summed E-state index contributed by atoms with van der Waals surface area (Å²) in [5.41, 5.74) is 2.54. The fraction of sp³-hybridized carbons (Fsp3) is 0.769. The van der Waals surface area contributed by atoms with Gasteiger partial charge in [-0.1, -0.05) is 30.2 Å². The standard InChI is InChI=1S/C26H40O7/c1-14(2)10-9-11-15(3)19-12-20(31-17(5)27)23-22(19)24-16(4)21(32-18(6)28)13-26(24,30-8)33-25(23)29-7/h10-11,16,19-25H,9,12-13H2,1-8H3/b15-11-/t16-,19+,20-,21+,22-,23-,24+,25-,26+/m1/s1. The first-order chi connectivity index (χ1) is 15.5. The number of esters is 2. The number of carbonyl (C=O) groups is 2. The third kappa shape index (κ3) is 5.05. The van der Waals surface area contributed by atoms with E-state index in [0.717, 1.165) is 6.42 Å². The van der Waals surface area contributed by atoms with Crippen molar-refractivity contribution >= 4 is 11.9 Å². The maximum Gasteiger partial charge on any atom is 0.302 e. The molecular formula is C26H40O7. The number of hydrogen-bond donors (Lipinski definition) is 0. The van der Waals surface area contributed by atoms with Crippen LogP contribution in [0.3, 0.4) is 0 Å². The van der Waals surface area contributed by atoms with Crippen molar-refractivity contribution in [3.05, 3.63) is 23.3 Å². The number of carbonyl (C=O) groups excluding carboxylic acids is 2. The molecule has 186 valence electrons. The lowest BCUT2D eigenvalue weighted by atomic mass is 9.68. The molecule has 0 spiro atoms. The molecule has 3 rings (SSSR count). The van der Waals surface area contributed by atoms with Gasteiger partial charge in [0.15, 0.2) is 12.1 Å². The lowest BCUT2D eigenvalue weighted by Crippen LogP contribution is -2.57. The van der Waals surface area contributed by atoms with Crippen LogP contribution >= 0.6 is 0 Å². The largest absolute Gasteiger partial charge is 0.462 e. The predicted octanol–water partition coefficient (Wildman–Crippen LogP) is 4.41. The SMILES string of the molecule is CO[C@@H]1O[C@@]2(OC)C[C@H](OC(C)=O)[C@@H](C)[C@H]2[C@H]2[C@H]1[C@H](OC(C)=O)C[C@H]2/C(C)=C\CC=C(C)C. The molecule has 0 aromatic rings. The highest BCUT2D eigenvalue weighted by atomic mass is 16.8. The molecule has 0 unspecified atom stereocenters. The zero-order valence-electron chi connectivity index (χ0n) is 21.3. The van der Waals surface area contributed by atoms with Crippen molar-refractivity contribution in [2.24, 2.45) is 29.6 Å². The van der Waals surface area contributed by atoms with Crippen molar-refractivity contribution < 1.29 is 33.3 Å². The van der Waals surface area contributed by atoms with Gasteiger partial charge >= 0.3 is 11.9 Å². The monoisotopic (exact) mass is 464 g/mol. The summed E-state index contributed by atoms with van der Waals surface area (Å²) in [7, 11) is 3.26. The molecule has 0 aromatic heterocycles. The summed E-state index contributed by atoms with van der Waals surface area (Å²) >= 11 is 0. The Morgan fingerprint density at radius 3 is 2.15 bits per heavy atom. The van der Waals surface area contributed by atoms with E-state index in [0.29, 0.717) is 12.8 Å². The Balaban J connectivity index is 2.05. The minimum Gasteiger partial charge on any atom is -0.462 e. The minimum absolute atomic E-state index is 0.0170. The molecule has 0 amide bonds. The number of ether oxygens (including phenoxy) is 5. The quantitative estimate of drug-likeness (QED) is 0.408. The fourth-order valence-electron chi connectivity index (χ4n) is 6.50. The molecule has 0 aromatic carbocycles. The topological polar surface area (TPSA) is 80.3 Å². The van der Waals surface area contributed by atoms with Crippen LogP contribution in [0.25, 0.3) is 0 Å². The Morgan fingerprint density at radius 2 is 1.61 bits per heavy atom. The first-order valence-electron chi connectivity index (χ1n) is 11.9. The van der Waals surface area contributed by atoms with Crippen molar-refractivity contribution in [2.75, 3.05) is 14.2 Å². The second-order valence-corrected chi connectivity index (χ2v) is 10.1. The lowest BCUT2D eigenvalue weighted by molar-refractivity contribution is -0.368. The maximum absolute atomic E-state index is 12.0. The van der Waals surface area contributed by atoms with Crippen LogP contribution in [-0.2, 0) is 33.3 Å². The van der Waals surface area contributed by atoms with E-state index in [1.54, 1.807) is 14.2 Å². The zero-order valence-corrected chi connectivity index (χ0v) is 21.3. The summed E-state index contributed by atoms with van der Waals surface area (Å²) < 4.78 is 29.9.